The van der Waals surface area contributed by atoms with E-state index >= 15 is 0 Å². The summed E-state index contributed by atoms with van der Waals surface area (Å²) in [4.78, 5) is 0. The van der Waals surface area contributed by atoms with Crippen molar-refractivity contribution in [2.24, 2.45) is 0 Å². The van der Waals surface area contributed by atoms with Gasteiger partial charge in [-0.05, 0) is 0 Å². The Labute approximate surface area is 147 Å². The number of methoxy groups -OCH3 is 2. The lowest BCUT2D eigenvalue weighted by Crippen LogP contribution is -2.63. The Morgan fingerprint density at radius 1 is 1.04 bits per heavy atom. The van der Waals surface area contributed by atoms with Crippen molar-refractivity contribution in [1.29, 1.82) is 0 Å². The van der Waals surface area contributed by atoms with Crippen LogP contribution < -0.4 is 0 Å². The number of rotatable bonds is 5. The molecule has 2 fully saturated rings. The van der Waals surface area contributed by atoms with E-state index in [-0.39, 0.29) is 6.61 Å². The van der Waals surface area contributed by atoms with E-state index in [9.17, 15) is 8.42 Å². The molecule has 0 bridgehead atoms. The topological polar surface area (TPSA) is 89.5 Å². The lowest BCUT2D eigenvalue weighted by Gasteiger charge is -2.47. The Kier molecular flexibility index (Phi) is 5.74. The highest BCUT2D eigenvalue weighted by Crippen LogP contribution is 2.36. The molecule has 3 rings (SSSR count). The largest absolute Gasteiger partial charge is 0.376 e. The van der Waals surface area contributed by atoms with Crippen molar-refractivity contribution in [2.45, 2.75) is 37.0 Å². The molecule has 2 aliphatic rings. The van der Waals surface area contributed by atoms with Gasteiger partial charge in [0.05, 0.1) is 12.9 Å². The average molecular weight is 374 g/mol. The Balaban J connectivity index is 1.83. The fourth-order valence-electron chi connectivity index (χ4n) is 3.09. The van der Waals surface area contributed by atoms with E-state index in [0.29, 0.717) is 0 Å². The zero-order valence-electron chi connectivity index (χ0n) is 14.2. The molecule has 2 saturated heterocycles. The molecule has 2 heterocycles. The molecule has 9 heteroatoms. The fourth-order valence-corrected chi connectivity index (χ4v) is 3.69. The molecule has 0 unspecified atom stereocenters. The van der Waals surface area contributed by atoms with Gasteiger partial charge in [-0.15, -0.1) is 0 Å². The number of hydrogen-bond donors (Lipinski definition) is 0. The van der Waals surface area contributed by atoms with Crippen molar-refractivity contribution < 1.29 is 36.3 Å². The molecule has 0 amide bonds. The van der Waals surface area contributed by atoms with Crippen LogP contribution in [0.4, 0.5) is 0 Å². The van der Waals surface area contributed by atoms with Crippen LogP contribution in [0.2, 0.25) is 0 Å². The summed E-state index contributed by atoms with van der Waals surface area (Å²) >= 11 is 0. The van der Waals surface area contributed by atoms with Crippen molar-refractivity contribution in [3.63, 3.8) is 0 Å². The maximum Gasteiger partial charge on any atom is 0.264 e. The first-order valence-electron chi connectivity index (χ1n) is 7.84. The van der Waals surface area contributed by atoms with Crippen LogP contribution in [-0.2, 0) is 38.0 Å². The first-order valence-corrected chi connectivity index (χ1v) is 9.66. The molecule has 2 aliphatic heterocycles. The Morgan fingerprint density at radius 2 is 1.76 bits per heavy atom. The van der Waals surface area contributed by atoms with Gasteiger partial charge in [0.15, 0.2) is 18.7 Å². The Hall–Kier alpha value is -1.07. The molecule has 0 spiro atoms. The predicted molar refractivity (Wildman–Crippen MR) is 86.2 cm³/mol. The molecule has 0 radical (unpaired) electrons. The first kappa shape index (κ1) is 18.7. The highest BCUT2D eigenvalue weighted by Gasteiger charge is 2.52. The SMILES string of the molecule is CO[C@H]1O[C@H]2CO[C@H](c3ccccc3)O[C@H]2[C@H](OC)[C@H]1OS(C)(=O)=O. The fraction of sp³-hybridized carbons (Fsp3) is 0.625. The monoisotopic (exact) mass is 374 g/mol. The summed E-state index contributed by atoms with van der Waals surface area (Å²) in [6, 6.07) is 9.44. The maximum absolute atomic E-state index is 11.6. The number of fused-ring (bicyclic) bond motifs is 1. The molecule has 8 nitrogen and oxygen atoms in total. The Morgan fingerprint density at radius 3 is 2.36 bits per heavy atom. The Bertz CT molecular complexity index is 664. The molecular weight excluding hydrogens is 352 g/mol. The lowest BCUT2D eigenvalue weighted by atomic mass is 9.97. The summed E-state index contributed by atoms with van der Waals surface area (Å²) in [5, 5.41) is 0. The second-order valence-corrected chi connectivity index (χ2v) is 7.52. The van der Waals surface area contributed by atoms with Gasteiger partial charge in [0.2, 0.25) is 0 Å². The smallest absolute Gasteiger partial charge is 0.264 e. The molecule has 0 aromatic heterocycles. The van der Waals surface area contributed by atoms with E-state index < -0.39 is 47.1 Å². The minimum atomic E-state index is -3.74. The number of ether oxygens (including phenoxy) is 5. The zero-order valence-corrected chi connectivity index (χ0v) is 15.0. The third-order valence-corrected chi connectivity index (χ3v) is 4.72. The van der Waals surface area contributed by atoms with Crippen molar-refractivity contribution in [2.75, 3.05) is 27.1 Å². The summed E-state index contributed by atoms with van der Waals surface area (Å²) in [6.45, 7) is 0.259. The summed E-state index contributed by atoms with van der Waals surface area (Å²) in [5.74, 6) is 0. The second kappa shape index (κ2) is 7.67. The van der Waals surface area contributed by atoms with Crippen molar-refractivity contribution in [3.8, 4) is 0 Å². The maximum atomic E-state index is 11.6. The molecule has 0 aliphatic carbocycles. The van der Waals surface area contributed by atoms with Crippen LogP contribution in [0.5, 0.6) is 0 Å². The van der Waals surface area contributed by atoms with E-state index in [1.807, 2.05) is 30.3 Å². The van der Waals surface area contributed by atoms with E-state index in [1.165, 1.54) is 14.2 Å². The summed E-state index contributed by atoms with van der Waals surface area (Å²) in [5.41, 5.74) is 0.852. The lowest BCUT2D eigenvalue weighted by molar-refractivity contribution is -0.357. The summed E-state index contributed by atoms with van der Waals surface area (Å²) in [7, 11) is -0.863. The molecule has 1 aromatic rings. The molecule has 25 heavy (non-hydrogen) atoms. The van der Waals surface area contributed by atoms with Gasteiger partial charge >= 0.3 is 0 Å². The normalized spacial score (nSPS) is 36.0. The van der Waals surface area contributed by atoms with Crippen molar-refractivity contribution >= 4 is 10.1 Å². The summed E-state index contributed by atoms with van der Waals surface area (Å²) in [6.07, 6.45) is -3.26. The molecule has 140 valence electrons. The zero-order chi connectivity index (χ0) is 18.0. The van der Waals surface area contributed by atoms with E-state index in [1.54, 1.807) is 0 Å². The van der Waals surface area contributed by atoms with Gasteiger partial charge in [0.25, 0.3) is 10.1 Å². The highest BCUT2D eigenvalue weighted by molar-refractivity contribution is 7.86. The quantitative estimate of drug-likeness (QED) is 0.700. The van der Waals surface area contributed by atoms with E-state index in [4.69, 9.17) is 27.9 Å². The minimum Gasteiger partial charge on any atom is -0.376 e. The van der Waals surface area contributed by atoms with E-state index in [2.05, 4.69) is 0 Å². The van der Waals surface area contributed by atoms with Crippen LogP contribution in [0, 0.1) is 0 Å². The average Bonchev–Trinajstić information content (AvgIpc) is 2.60. The van der Waals surface area contributed by atoms with Crippen LogP contribution in [0.1, 0.15) is 11.9 Å². The molecule has 6 atom stereocenters. The third-order valence-electron chi connectivity index (χ3n) is 4.15. The molecular formula is C16H22O8S. The predicted octanol–water partition coefficient (Wildman–Crippen LogP) is 0.832. The van der Waals surface area contributed by atoms with Crippen LogP contribution in [0.15, 0.2) is 30.3 Å². The van der Waals surface area contributed by atoms with Gasteiger partial charge in [-0.2, -0.15) is 8.42 Å². The number of benzene rings is 1. The molecule has 1 aromatic carbocycles. The minimum absolute atomic E-state index is 0.259. The first-order chi connectivity index (χ1) is 11.9. The van der Waals surface area contributed by atoms with Crippen LogP contribution in [-0.4, -0.2) is 66.2 Å². The van der Waals surface area contributed by atoms with Gasteiger partial charge in [-0.1, -0.05) is 30.3 Å². The van der Waals surface area contributed by atoms with Crippen LogP contribution in [0.3, 0.4) is 0 Å². The molecule has 0 saturated carbocycles. The molecule has 0 N–H and O–H groups in total. The van der Waals surface area contributed by atoms with Gasteiger partial charge in [0.1, 0.15) is 18.3 Å². The van der Waals surface area contributed by atoms with E-state index in [0.717, 1.165) is 11.8 Å². The third kappa shape index (κ3) is 4.20. The van der Waals surface area contributed by atoms with Crippen molar-refractivity contribution in [3.05, 3.63) is 35.9 Å². The van der Waals surface area contributed by atoms with Crippen molar-refractivity contribution in [1.82, 2.24) is 0 Å². The van der Waals surface area contributed by atoms with Gasteiger partial charge in [-0.25, -0.2) is 0 Å². The van der Waals surface area contributed by atoms with Gasteiger partial charge in [-0.3, -0.25) is 4.18 Å². The van der Waals surface area contributed by atoms with Gasteiger partial charge < -0.3 is 23.7 Å². The highest BCUT2D eigenvalue weighted by atomic mass is 32.2. The second-order valence-electron chi connectivity index (χ2n) is 5.92. The van der Waals surface area contributed by atoms with Crippen LogP contribution >= 0.6 is 0 Å². The van der Waals surface area contributed by atoms with Crippen LogP contribution in [0.25, 0.3) is 0 Å². The standard InChI is InChI=1S/C16H22O8S/c1-19-13-12-11(22-16(20-2)14(13)24-25(3,17)18)9-21-15(23-12)10-7-5-4-6-8-10/h4-8,11-16H,9H2,1-3H3/t11-,12+,13-,14+,15-,16-/m0/s1. The number of hydrogen-bond acceptors (Lipinski definition) is 8. The van der Waals surface area contributed by atoms with Gasteiger partial charge in [0, 0.05) is 19.8 Å². The summed E-state index contributed by atoms with van der Waals surface area (Å²) < 4.78 is 56.7.